The van der Waals surface area contributed by atoms with Gasteiger partial charge >= 0.3 is 0 Å². The minimum Gasteiger partial charge on any atom is -0.237 e. The Morgan fingerprint density at radius 1 is 0.345 bits per heavy atom. The van der Waals surface area contributed by atoms with Gasteiger partial charge in [0.25, 0.3) is 0 Å². The van der Waals surface area contributed by atoms with E-state index in [1.807, 2.05) is 0 Å². The Hall–Kier alpha value is -6.68. The van der Waals surface area contributed by atoms with Gasteiger partial charge in [0.2, 0.25) is 0 Å². The van der Waals surface area contributed by atoms with Crippen molar-refractivity contribution in [3.8, 4) is 78.3 Å². The van der Waals surface area contributed by atoms with Gasteiger partial charge in [-0.05, 0) is 102 Å². The van der Waals surface area contributed by atoms with E-state index in [2.05, 4.69) is 207 Å². The van der Waals surface area contributed by atoms with E-state index in [-0.39, 0.29) is 0 Å². The molecular weight excluding hydrogens is 681 g/mol. The SMILES string of the molecule is C[Si]1(C)c2cc3ccccc3cc2-c2c(-c3ccccc3)nc(-c3cccc(-c4cccc(-c5cc(-c6ccccc6)cc(-c6ccccc6)c5)c4)c3)nc21. The molecule has 0 spiro atoms. The van der Waals surface area contributed by atoms with Crippen LogP contribution < -0.4 is 10.5 Å². The van der Waals surface area contributed by atoms with E-state index in [0.717, 1.165) is 33.8 Å². The van der Waals surface area contributed by atoms with Crippen molar-refractivity contribution in [1.29, 1.82) is 0 Å². The molecule has 10 rings (SSSR count). The molecule has 0 amide bonds. The molecule has 9 aromatic rings. The zero-order valence-corrected chi connectivity index (χ0v) is 31.9. The van der Waals surface area contributed by atoms with Gasteiger partial charge in [-0.3, -0.25) is 0 Å². The van der Waals surface area contributed by atoms with Crippen molar-refractivity contribution in [2.24, 2.45) is 0 Å². The molecule has 260 valence electrons. The summed E-state index contributed by atoms with van der Waals surface area (Å²) in [5.74, 6) is 0.775. The number of aromatic nitrogens is 2. The van der Waals surface area contributed by atoms with Crippen LogP contribution in [0.2, 0.25) is 13.1 Å². The van der Waals surface area contributed by atoms with Crippen LogP contribution in [0.1, 0.15) is 0 Å². The van der Waals surface area contributed by atoms with Crippen LogP contribution in [0, 0.1) is 0 Å². The molecule has 0 radical (unpaired) electrons. The predicted octanol–water partition coefficient (Wildman–Crippen LogP) is 12.4. The zero-order chi connectivity index (χ0) is 36.9. The molecule has 0 N–H and O–H groups in total. The van der Waals surface area contributed by atoms with E-state index in [4.69, 9.17) is 9.97 Å². The molecule has 0 atom stereocenters. The highest BCUT2D eigenvalue weighted by atomic mass is 28.3. The van der Waals surface area contributed by atoms with Gasteiger partial charge in [0.15, 0.2) is 5.82 Å². The van der Waals surface area contributed by atoms with Gasteiger partial charge in [-0.1, -0.05) is 171 Å². The summed E-state index contributed by atoms with van der Waals surface area (Å²) in [6.45, 7) is 4.88. The van der Waals surface area contributed by atoms with Crippen LogP contribution in [0.3, 0.4) is 0 Å². The van der Waals surface area contributed by atoms with Gasteiger partial charge < -0.3 is 0 Å². The van der Waals surface area contributed by atoms with Gasteiger partial charge in [0.05, 0.1) is 5.69 Å². The standard InChI is InChI=1S/C52H38N2Si/c1-55(2)48-34-42-23-13-12-22-41(42)33-47(48)49-50(37-20-10-5-11-21-37)53-51(54-52(49)55)43-27-15-25-39(29-43)38-24-14-26-40(28-38)46-31-44(35-16-6-3-7-17-35)30-45(32-46)36-18-8-4-9-19-36/h3-34H,1-2H3. The van der Waals surface area contributed by atoms with E-state index in [0.29, 0.717) is 0 Å². The van der Waals surface area contributed by atoms with Crippen molar-refractivity contribution in [2.75, 3.05) is 0 Å². The molecule has 0 saturated carbocycles. The monoisotopic (exact) mass is 718 g/mol. The van der Waals surface area contributed by atoms with Crippen molar-refractivity contribution in [3.05, 3.63) is 194 Å². The summed E-state index contributed by atoms with van der Waals surface area (Å²) in [7, 11) is -2.16. The van der Waals surface area contributed by atoms with Gasteiger partial charge in [0.1, 0.15) is 8.07 Å². The Morgan fingerprint density at radius 3 is 1.35 bits per heavy atom. The number of fused-ring (bicyclic) bond motifs is 4. The van der Waals surface area contributed by atoms with Crippen LogP contribution >= 0.6 is 0 Å². The van der Waals surface area contributed by atoms with E-state index in [1.165, 1.54) is 65.8 Å². The normalized spacial score (nSPS) is 12.7. The Labute approximate surface area is 323 Å². The summed E-state index contributed by atoms with van der Waals surface area (Å²) in [6, 6.07) is 70.0. The van der Waals surface area contributed by atoms with E-state index in [9.17, 15) is 0 Å². The molecule has 0 bridgehead atoms. The van der Waals surface area contributed by atoms with Crippen LogP contribution in [-0.2, 0) is 0 Å². The maximum Gasteiger partial charge on any atom is 0.159 e. The summed E-state index contributed by atoms with van der Waals surface area (Å²) >= 11 is 0. The van der Waals surface area contributed by atoms with Gasteiger partial charge in [0, 0.05) is 22.0 Å². The maximum absolute atomic E-state index is 5.50. The highest BCUT2D eigenvalue weighted by Gasteiger charge is 2.42. The number of nitrogens with zero attached hydrogens (tertiary/aromatic N) is 2. The van der Waals surface area contributed by atoms with Crippen LogP contribution in [-0.4, -0.2) is 18.0 Å². The molecule has 8 aromatic carbocycles. The van der Waals surface area contributed by atoms with Crippen molar-refractivity contribution < 1.29 is 0 Å². The summed E-state index contributed by atoms with van der Waals surface area (Å²) < 4.78 is 0. The van der Waals surface area contributed by atoms with Crippen molar-refractivity contribution in [2.45, 2.75) is 13.1 Å². The fourth-order valence-corrected chi connectivity index (χ4v) is 11.2. The lowest BCUT2D eigenvalue weighted by molar-refractivity contribution is 1.21. The van der Waals surface area contributed by atoms with Crippen molar-refractivity contribution in [3.63, 3.8) is 0 Å². The fourth-order valence-electron chi connectivity index (χ4n) is 8.30. The summed E-state index contributed by atoms with van der Waals surface area (Å²) in [4.78, 5) is 10.9. The summed E-state index contributed by atoms with van der Waals surface area (Å²) in [5, 5.41) is 5.17. The molecule has 0 saturated heterocycles. The Kier molecular flexibility index (Phi) is 7.97. The second kappa shape index (κ2) is 13.3. The minimum atomic E-state index is -2.16. The second-order valence-corrected chi connectivity index (χ2v) is 19.3. The van der Waals surface area contributed by atoms with Gasteiger partial charge in [-0.2, -0.15) is 0 Å². The number of hydrogen-bond acceptors (Lipinski definition) is 2. The van der Waals surface area contributed by atoms with Crippen LogP contribution in [0.5, 0.6) is 0 Å². The van der Waals surface area contributed by atoms with E-state index < -0.39 is 8.07 Å². The summed E-state index contributed by atoms with van der Waals surface area (Å²) in [5.41, 5.74) is 15.1. The Balaban J connectivity index is 1.09. The first kappa shape index (κ1) is 32.9. The number of hydrogen-bond donors (Lipinski definition) is 0. The molecule has 3 heteroatoms. The van der Waals surface area contributed by atoms with Gasteiger partial charge in [-0.15, -0.1) is 0 Å². The lowest BCUT2D eigenvalue weighted by atomic mass is 9.92. The largest absolute Gasteiger partial charge is 0.237 e. The quantitative estimate of drug-likeness (QED) is 0.160. The number of rotatable bonds is 6. The van der Waals surface area contributed by atoms with Crippen molar-refractivity contribution >= 4 is 29.4 Å². The molecule has 2 nitrogen and oxygen atoms in total. The lowest BCUT2D eigenvalue weighted by Gasteiger charge is -2.19. The summed E-state index contributed by atoms with van der Waals surface area (Å²) in [6.07, 6.45) is 0. The van der Waals surface area contributed by atoms with Gasteiger partial charge in [-0.25, -0.2) is 9.97 Å². The minimum absolute atomic E-state index is 0.775. The smallest absolute Gasteiger partial charge is 0.159 e. The third-order valence-electron chi connectivity index (χ3n) is 11.2. The molecule has 1 aromatic heterocycles. The van der Waals surface area contributed by atoms with Crippen molar-refractivity contribution in [1.82, 2.24) is 9.97 Å². The predicted molar refractivity (Wildman–Crippen MR) is 234 cm³/mol. The Bertz CT molecular complexity index is 2820. The van der Waals surface area contributed by atoms with Crippen LogP contribution in [0.4, 0.5) is 0 Å². The first-order valence-corrected chi connectivity index (χ1v) is 22.0. The van der Waals surface area contributed by atoms with E-state index in [1.54, 1.807) is 0 Å². The third-order valence-corrected chi connectivity index (χ3v) is 14.5. The molecule has 0 fully saturated rings. The first-order valence-electron chi connectivity index (χ1n) is 19.0. The highest BCUT2D eigenvalue weighted by molar-refractivity contribution is 7.03. The molecule has 1 aliphatic heterocycles. The lowest BCUT2D eigenvalue weighted by Crippen LogP contribution is -2.51. The first-order chi connectivity index (χ1) is 27.0. The molecule has 0 unspecified atom stereocenters. The number of benzene rings is 8. The highest BCUT2D eigenvalue weighted by Crippen LogP contribution is 2.39. The average Bonchev–Trinajstić information content (AvgIpc) is 3.48. The van der Waals surface area contributed by atoms with Crippen LogP contribution in [0.25, 0.3) is 89.1 Å². The van der Waals surface area contributed by atoms with E-state index >= 15 is 0 Å². The molecule has 2 heterocycles. The van der Waals surface area contributed by atoms with Crippen LogP contribution in [0.15, 0.2) is 194 Å². The Morgan fingerprint density at radius 2 is 0.764 bits per heavy atom. The second-order valence-electron chi connectivity index (χ2n) is 15.0. The average molecular weight is 719 g/mol. The third kappa shape index (κ3) is 5.90. The maximum atomic E-state index is 5.50. The molecular formula is C52H38N2Si. The zero-order valence-electron chi connectivity index (χ0n) is 30.9. The topological polar surface area (TPSA) is 25.8 Å². The molecule has 1 aliphatic rings. The molecule has 0 aliphatic carbocycles. The molecule has 55 heavy (non-hydrogen) atoms. The fraction of sp³-hybridized carbons (Fsp3) is 0.0385.